The van der Waals surface area contributed by atoms with Gasteiger partial charge in [-0.2, -0.15) is 0 Å². The van der Waals surface area contributed by atoms with E-state index in [1.165, 1.54) is 12.1 Å². The number of aromatic nitrogens is 1. The van der Waals surface area contributed by atoms with E-state index in [0.717, 1.165) is 41.7 Å². The molecule has 0 amide bonds. The van der Waals surface area contributed by atoms with Crippen LogP contribution in [0.4, 0.5) is 10.1 Å². The molecule has 0 aliphatic rings. The summed E-state index contributed by atoms with van der Waals surface area (Å²) in [5, 5.41) is 4.51. The maximum Gasteiger partial charge on any atom is 0.125 e. The molecule has 102 valence electrons. The molecule has 0 fully saturated rings. The third-order valence-corrected chi connectivity index (χ3v) is 3.51. The van der Waals surface area contributed by atoms with Gasteiger partial charge in [0.05, 0.1) is 10.5 Å². The number of nitrogens with zero attached hydrogens (tertiary/aromatic N) is 1. The van der Waals surface area contributed by atoms with Gasteiger partial charge in [0, 0.05) is 23.3 Å². The second kappa shape index (κ2) is 5.74. The van der Waals surface area contributed by atoms with Crippen LogP contribution in [-0.2, 0) is 6.42 Å². The van der Waals surface area contributed by atoms with E-state index in [4.69, 9.17) is 11.6 Å². The van der Waals surface area contributed by atoms with Gasteiger partial charge in [0.25, 0.3) is 0 Å². The molecular weight excluding hydrogens is 263 g/mol. The molecule has 0 bridgehead atoms. The van der Waals surface area contributed by atoms with Crippen LogP contribution in [0.2, 0.25) is 5.02 Å². The highest BCUT2D eigenvalue weighted by Gasteiger charge is 2.14. The largest absolute Gasteiger partial charge is 0.384 e. The van der Waals surface area contributed by atoms with Gasteiger partial charge in [-0.3, -0.25) is 4.98 Å². The number of benzene rings is 1. The van der Waals surface area contributed by atoms with Crippen molar-refractivity contribution in [3.05, 3.63) is 34.2 Å². The van der Waals surface area contributed by atoms with Crippen molar-refractivity contribution in [1.82, 2.24) is 4.98 Å². The standard InChI is InChI=1S/C15H18ClFN2/c1-4-6-18-14-11(5-2)9(3)19-15-12(14)7-10(17)8-13(15)16/h7-8H,4-6H2,1-3H3,(H,18,19). The Kier molecular flexibility index (Phi) is 4.25. The minimum absolute atomic E-state index is 0.329. The van der Waals surface area contributed by atoms with Crippen molar-refractivity contribution in [2.24, 2.45) is 0 Å². The summed E-state index contributed by atoms with van der Waals surface area (Å²) in [7, 11) is 0. The number of anilines is 1. The molecule has 1 heterocycles. The first-order valence-electron chi connectivity index (χ1n) is 6.60. The van der Waals surface area contributed by atoms with Gasteiger partial charge >= 0.3 is 0 Å². The zero-order valence-electron chi connectivity index (χ0n) is 11.5. The molecule has 0 spiro atoms. The van der Waals surface area contributed by atoms with E-state index in [0.29, 0.717) is 10.5 Å². The fourth-order valence-electron chi connectivity index (χ4n) is 2.33. The Morgan fingerprint density at radius 1 is 1.32 bits per heavy atom. The lowest BCUT2D eigenvalue weighted by molar-refractivity contribution is 0.629. The second-order valence-electron chi connectivity index (χ2n) is 4.61. The van der Waals surface area contributed by atoms with Crippen molar-refractivity contribution in [3.8, 4) is 0 Å². The van der Waals surface area contributed by atoms with E-state index in [9.17, 15) is 4.39 Å². The van der Waals surface area contributed by atoms with Gasteiger partial charge in [-0.15, -0.1) is 0 Å². The average Bonchev–Trinajstić information content (AvgIpc) is 2.37. The molecule has 1 aromatic heterocycles. The molecule has 0 saturated heterocycles. The lowest BCUT2D eigenvalue weighted by atomic mass is 10.0. The molecule has 0 aliphatic carbocycles. The zero-order valence-corrected chi connectivity index (χ0v) is 12.2. The molecule has 1 aromatic carbocycles. The molecule has 2 rings (SSSR count). The van der Waals surface area contributed by atoms with Gasteiger partial charge in [0.1, 0.15) is 5.82 Å². The summed E-state index contributed by atoms with van der Waals surface area (Å²) < 4.78 is 13.6. The Morgan fingerprint density at radius 2 is 2.05 bits per heavy atom. The van der Waals surface area contributed by atoms with Crippen LogP contribution in [0.5, 0.6) is 0 Å². The quantitative estimate of drug-likeness (QED) is 0.876. The topological polar surface area (TPSA) is 24.9 Å². The van der Waals surface area contributed by atoms with E-state index < -0.39 is 0 Å². The first-order chi connectivity index (χ1) is 9.08. The van der Waals surface area contributed by atoms with Crippen LogP contribution in [0.1, 0.15) is 31.5 Å². The van der Waals surface area contributed by atoms with Gasteiger partial charge < -0.3 is 5.32 Å². The van der Waals surface area contributed by atoms with Gasteiger partial charge in [-0.05, 0) is 37.5 Å². The molecule has 19 heavy (non-hydrogen) atoms. The van der Waals surface area contributed by atoms with Crippen LogP contribution in [-0.4, -0.2) is 11.5 Å². The minimum Gasteiger partial charge on any atom is -0.384 e. The fraction of sp³-hybridized carbons (Fsp3) is 0.400. The van der Waals surface area contributed by atoms with Crippen LogP contribution in [0.3, 0.4) is 0 Å². The summed E-state index contributed by atoms with van der Waals surface area (Å²) in [6, 6.07) is 2.82. The van der Waals surface area contributed by atoms with Crippen molar-refractivity contribution >= 4 is 28.2 Å². The Labute approximate surface area is 118 Å². The molecule has 0 radical (unpaired) electrons. The fourth-order valence-corrected chi connectivity index (χ4v) is 2.58. The first-order valence-corrected chi connectivity index (χ1v) is 6.98. The molecule has 0 aliphatic heterocycles. The van der Waals surface area contributed by atoms with Gasteiger partial charge in [0.2, 0.25) is 0 Å². The average molecular weight is 281 g/mol. The SMILES string of the molecule is CCCNc1c(CC)c(C)nc2c(Cl)cc(F)cc12. The Morgan fingerprint density at radius 3 is 2.68 bits per heavy atom. The Bertz CT molecular complexity index is 611. The molecule has 4 heteroatoms. The second-order valence-corrected chi connectivity index (χ2v) is 5.02. The first kappa shape index (κ1) is 14.1. The molecule has 0 saturated carbocycles. The van der Waals surface area contributed by atoms with Gasteiger partial charge in [-0.1, -0.05) is 25.4 Å². The molecule has 0 atom stereocenters. The normalized spacial score (nSPS) is 11.0. The van der Waals surface area contributed by atoms with Crippen molar-refractivity contribution in [1.29, 1.82) is 0 Å². The Balaban J connectivity index is 2.76. The maximum absolute atomic E-state index is 13.6. The van der Waals surface area contributed by atoms with Crippen molar-refractivity contribution in [2.75, 3.05) is 11.9 Å². The molecule has 2 aromatic rings. The number of pyridine rings is 1. The van der Waals surface area contributed by atoms with E-state index in [1.54, 1.807) is 0 Å². The minimum atomic E-state index is -0.329. The number of hydrogen-bond acceptors (Lipinski definition) is 2. The molecule has 2 nitrogen and oxygen atoms in total. The summed E-state index contributed by atoms with van der Waals surface area (Å²) in [5.74, 6) is -0.329. The maximum atomic E-state index is 13.6. The highest BCUT2D eigenvalue weighted by atomic mass is 35.5. The van der Waals surface area contributed by atoms with Gasteiger partial charge in [0.15, 0.2) is 0 Å². The summed E-state index contributed by atoms with van der Waals surface area (Å²) in [5.41, 5.74) is 3.70. The van der Waals surface area contributed by atoms with E-state index in [1.807, 2.05) is 6.92 Å². The lowest BCUT2D eigenvalue weighted by Crippen LogP contribution is -2.07. The number of fused-ring (bicyclic) bond motifs is 1. The smallest absolute Gasteiger partial charge is 0.125 e. The third kappa shape index (κ3) is 2.66. The summed E-state index contributed by atoms with van der Waals surface area (Å²) in [6.07, 6.45) is 1.87. The zero-order chi connectivity index (χ0) is 14.0. The van der Waals surface area contributed by atoms with Crippen LogP contribution < -0.4 is 5.32 Å². The van der Waals surface area contributed by atoms with Crippen molar-refractivity contribution in [3.63, 3.8) is 0 Å². The number of nitrogens with one attached hydrogen (secondary N) is 1. The van der Waals surface area contributed by atoms with Crippen molar-refractivity contribution in [2.45, 2.75) is 33.6 Å². The summed E-state index contributed by atoms with van der Waals surface area (Å²) >= 11 is 6.11. The molecular formula is C15H18ClFN2. The number of rotatable bonds is 4. The lowest BCUT2D eigenvalue weighted by Gasteiger charge is -2.16. The number of halogens is 2. The number of aryl methyl sites for hydroxylation is 1. The predicted molar refractivity (Wildman–Crippen MR) is 79.6 cm³/mol. The van der Waals surface area contributed by atoms with Gasteiger partial charge in [-0.25, -0.2) is 4.39 Å². The predicted octanol–water partition coefficient (Wildman–Crippen LogP) is 4.72. The third-order valence-electron chi connectivity index (χ3n) is 3.22. The highest BCUT2D eigenvalue weighted by molar-refractivity contribution is 6.35. The monoisotopic (exact) mass is 280 g/mol. The van der Waals surface area contributed by atoms with E-state index in [-0.39, 0.29) is 5.82 Å². The van der Waals surface area contributed by atoms with E-state index in [2.05, 4.69) is 24.1 Å². The van der Waals surface area contributed by atoms with Crippen LogP contribution in [0.15, 0.2) is 12.1 Å². The van der Waals surface area contributed by atoms with E-state index >= 15 is 0 Å². The number of hydrogen-bond donors (Lipinski definition) is 1. The van der Waals surface area contributed by atoms with Crippen LogP contribution >= 0.6 is 11.6 Å². The van der Waals surface area contributed by atoms with Crippen LogP contribution in [0, 0.1) is 12.7 Å². The Hall–Kier alpha value is -1.35. The summed E-state index contributed by atoms with van der Waals surface area (Å²) in [6.45, 7) is 6.99. The van der Waals surface area contributed by atoms with Crippen molar-refractivity contribution < 1.29 is 4.39 Å². The highest BCUT2D eigenvalue weighted by Crippen LogP contribution is 2.33. The molecule has 0 unspecified atom stereocenters. The molecule has 1 N–H and O–H groups in total. The summed E-state index contributed by atoms with van der Waals surface area (Å²) in [4.78, 5) is 4.52. The van der Waals surface area contributed by atoms with Crippen LogP contribution in [0.25, 0.3) is 10.9 Å².